The lowest BCUT2D eigenvalue weighted by molar-refractivity contribution is -0.114. The highest BCUT2D eigenvalue weighted by Gasteiger charge is 2.07. The van der Waals surface area contributed by atoms with Gasteiger partial charge in [0.2, 0.25) is 0 Å². The fraction of sp³-hybridized carbons (Fsp3) is 0.0556. The smallest absolute Gasteiger partial charge is 0.275 e. The molecule has 6 nitrogen and oxygen atoms in total. The molecule has 0 unspecified atom stereocenters. The molecule has 7 N–H and O–H groups in total. The molecule has 6 heteroatoms. The van der Waals surface area contributed by atoms with Gasteiger partial charge in [0.25, 0.3) is 5.91 Å². The van der Waals surface area contributed by atoms with Gasteiger partial charge in [-0.1, -0.05) is 48.5 Å². The Morgan fingerprint density at radius 1 is 1.04 bits per heavy atom. The van der Waals surface area contributed by atoms with Crippen LogP contribution in [0.3, 0.4) is 0 Å². The van der Waals surface area contributed by atoms with E-state index in [1.807, 2.05) is 36.4 Å². The van der Waals surface area contributed by atoms with Gasteiger partial charge in [0, 0.05) is 11.1 Å². The van der Waals surface area contributed by atoms with Gasteiger partial charge in [-0.2, -0.15) is 4.99 Å². The average molecular weight is 321 g/mol. The van der Waals surface area contributed by atoms with Crippen molar-refractivity contribution < 1.29 is 4.79 Å². The second-order valence-electron chi connectivity index (χ2n) is 5.25. The van der Waals surface area contributed by atoms with E-state index in [1.54, 1.807) is 25.1 Å². The zero-order valence-corrected chi connectivity index (χ0v) is 13.3. The number of aliphatic imine (C=N–C) groups is 1. The normalized spacial score (nSPS) is 11.0. The molecule has 2 aromatic rings. The van der Waals surface area contributed by atoms with Crippen LogP contribution in [0.5, 0.6) is 0 Å². The Kier molecular flexibility index (Phi) is 5.11. The highest BCUT2D eigenvalue weighted by Crippen LogP contribution is 2.26. The number of nitrogens with one attached hydrogen (secondary N) is 1. The van der Waals surface area contributed by atoms with Crippen LogP contribution in [0.1, 0.15) is 18.1 Å². The van der Waals surface area contributed by atoms with Gasteiger partial charge in [-0.15, -0.1) is 0 Å². The minimum atomic E-state index is -0.475. The monoisotopic (exact) mass is 321 g/mol. The van der Waals surface area contributed by atoms with Crippen molar-refractivity contribution in [3.8, 4) is 11.1 Å². The van der Waals surface area contributed by atoms with E-state index in [4.69, 9.17) is 22.6 Å². The molecule has 0 aliphatic carbocycles. The summed E-state index contributed by atoms with van der Waals surface area (Å²) in [4.78, 5) is 15.4. The molecule has 0 fully saturated rings. The lowest BCUT2D eigenvalue weighted by Gasteiger charge is -2.08. The number of rotatable bonds is 4. The Morgan fingerprint density at radius 3 is 2.25 bits per heavy atom. The third-order valence-electron chi connectivity index (χ3n) is 3.41. The van der Waals surface area contributed by atoms with Gasteiger partial charge in [0.1, 0.15) is 5.84 Å². The Balaban J connectivity index is 2.42. The van der Waals surface area contributed by atoms with Crippen molar-refractivity contribution in [1.82, 2.24) is 0 Å². The second-order valence-corrected chi connectivity index (χ2v) is 5.25. The number of hydrogen-bond donors (Lipinski definition) is 4. The first-order chi connectivity index (χ1) is 11.4. The Morgan fingerprint density at radius 2 is 1.67 bits per heavy atom. The van der Waals surface area contributed by atoms with Gasteiger partial charge in [0.15, 0.2) is 5.96 Å². The Labute approximate surface area is 140 Å². The maximum atomic E-state index is 11.9. The molecule has 0 saturated carbocycles. The van der Waals surface area contributed by atoms with Gasteiger partial charge >= 0.3 is 0 Å². The summed E-state index contributed by atoms with van der Waals surface area (Å²) in [6, 6.07) is 15.0. The quantitative estimate of drug-likeness (QED) is 0.388. The zero-order valence-electron chi connectivity index (χ0n) is 13.3. The first-order valence-corrected chi connectivity index (χ1v) is 7.24. The molecule has 24 heavy (non-hydrogen) atoms. The van der Waals surface area contributed by atoms with Crippen molar-refractivity contribution in [3.05, 3.63) is 65.2 Å². The molecule has 0 spiro atoms. The lowest BCUT2D eigenvalue weighted by Crippen LogP contribution is -2.24. The number of guanidine groups is 1. The Bertz CT molecular complexity index is 831. The SMILES string of the molecule is CC(=Cc1ccccc1-c1ccc(C(=N)N)cc1)C(=O)N=C(N)N. The van der Waals surface area contributed by atoms with Crippen LogP contribution < -0.4 is 17.2 Å². The van der Waals surface area contributed by atoms with Crippen molar-refractivity contribution >= 4 is 23.8 Å². The molecule has 0 saturated heterocycles. The van der Waals surface area contributed by atoms with Crippen LogP contribution in [-0.4, -0.2) is 17.7 Å². The first kappa shape index (κ1) is 17.0. The summed E-state index contributed by atoms with van der Waals surface area (Å²) < 4.78 is 0. The largest absolute Gasteiger partial charge is 0.384 e. The topological polar surface area (TPSA) is 131 Å². The van der Waals surface area contributed by atoms with Crippen molar-refractivity contribution in [2.24, 2.45) is 22.2 Å². The summed E-state index contributed by atoms with van der Waals surface area (Å²) in [6.07, 6.45) is 1.74. The van der Waals surface area contributed by atoms with E-state index < -0.39 is 5.91 Å². The standard InChI is InChI=1S/C18H19N5O/c1-11(17(24)23-18(21)22)10-14-4-2-3-5-15(14)12-6-8-13(9-7-12)16(19)20/h2-10H,1H3,(H3,19,20)(H4,21,22,23,24). The van der Waals surface area contributed by atoms with Gasteiger partial charge < -0.3 is 17.2 Å². The molecule has 0 aliphatic heterocycles. The molecule has 122 valence electrons. The van der Waals surface area contributed by atoms with Gasteiger partial charge in [-0.05, 0) is 29.7 Å². The predicted octanol–water partition coefficient (Wildman–Crippen LogP) is 1.84. The van der Waals surface area contributed by atoms with Crippen molar-refractivity contribution in [2.75, 3.05) is 0 Å². The number of amides is 1. The van der Waals surface area contributed by atoms with E-state index >= 15 is 0 Å². The summed E-state index contributed by atoms with van der Waals surface area (Å²) >= 11 is 0. The van der Waals surface area contributed by atoms with Gasteiger partial charge in [0.05, 0.1) is 0 Å². The van der Waals surface area contributed by atoms with Crippen LogP contribution in [0.15, 0.2) is 59.1 Å². The number of hydrogen-bond acceptors (Lipinski definition) is 2. The van der Waals surface area contributed by atoms with Crippen molar-refractivity contribution in [1.29, 1.82) is 5.41 Å². The number of nitrogens with zero attached hydrogens (tertiary/aromatic N) is 1. The molecule has 0 aliphatic rings. The summed E-state index contributed by atoms with van der Waals surface area (Å²) in [6.45, 7) is 1.66. The number of nitrogen functional groups attached to an aromatic ring is 1. The number of amidine groups is 1. The fourth-order valence-corrected chi connectivity index (χ4v) is 2.22. The fourth-order valence-electron chi connectivity index (χ4n) is 2.22. The van der Waals surface area contributed by atoms with Gasteiger partial charge in [-0.25, -0.2) is 0 Å². The minimum Gasteiger partial charge on any atom is -0.384 e. The molecule has 0 aromatic heterocycles. The third-order valence-corrected chi connectivity index (χ3v) is 3.41. The predicted molar refractivity (Wildman–Crippen MR) is 97.4 cm³/mol. The van der Waals surface area contributed by atoms with E-state index in [9.17, 15) is 4.79 Å². The van der Waals surface area contributed by atoms with Gasteiger partial charge in [-0.3, -0.25) is 10.2 Å². The summed E-state index contributed by atoms with van der Waals surface area (Å²) in [5.74, 6) is -0.717. The summed E-state index contributed by atoms with van der Waals surface area (Å²) in [5.41, 5.74) is 19.8. The highest BCUT2D eigenvalue weighted by molar-refractivity contribution is 6.04. The number of nitrogens with two attached hydrogens (primary N) is 3. The second kappa shape index (κ2) is 7.23. The third kappa shape index (κ3) is 4.07. The van der Waals surface area contributed by atoms with E-state index in [0.29, 0.717) is 11.1 Å². The molecule has 0 atom stereocenters. The van der Waals surface area contributed by atoms with E-state index in [1.165, 1.54) is 0 Å². The molecular weight excluding hydrogens is 302 g/mol. The van der Waals surface area contributed by atoms with Crippen LogP contribution in [0.2, 0.25) is 0 Å². The van der Waals surface area contributed by atoms with Crippen LogP contribution >= 0.6 is 0 Å². The number of benzene rings is 2. The molecule has 2 aromatic carbocycles. The molecule has 1 amide bonds. The maximum Gasteiger partial charge on any atom is 0.275 e. The van der Waals surface area contributed by atoms with E-state index in [0.717, 1.165) is 16.7 Å². The first-order valence-electron chi connectivity index (χ1n) is 7.24. The van der Waals surface area contributed by atoms with E-state index in [2.05, 4.69) is 4.99 Å². The number of carbonyl (C=O) groups excluding carboxylic acids is 1. The van der Waals surface area contributed by atoms with Crippen LogP contribution in [-0.2, 0) is 4.79 Å². The molecular formula is C18H19N5O. The van der Waals surface area contributed by atoms with Crippen LogP contribution in [0.25, 0.3) is 17.2 Å². The summed E-state index contributed by atoms with van der Waals surface area (Å²) in [5, 5.41) is 7.45. The Hall–Kier alpha value is -3.41. The summed E-state index contributed by atoms with van der Waals surface area (Å²) in [7, 11) is 0. The van der Waals surface area contributed by atoms with Crippen LogP contribution in [0.4, 0.5) is 0 Å². The van der Waals surface area contributed by atoms with E-state index in [-0.39, 0.29) is 11.8 Å². The maximum absolute atomic E-state index is 11.9. The molecule has 0 radical (unpaired) electrons. The average Bonchev–Trinajstić information content (AvgIpc) is 2.54. The minimum absolute atomic E-state index is 0.0217. The molecule has 2 rings (SSSR count). The van der Waals surface area contributed by atoms with Crippen LogP contribution in [0, 0.1) is 5.41 Å². The molecule has 0 heterocycles. The zero-order chi connectivity index (χ0) is 17.7. The van der Waals surface area contributed by atoms with Crippen molar-refractivity contribution in [2.45, 2.75) is 6.92 Å². The highest BCUT2D eigenvalue weighted by atomic mass is 16.1. The van der Waals surface area contributed by atoms with Crippen molar-refractivity contribution in [3.63, 3.8) is 0 Å². The molecule has 0 bridgehead atoms. The number of carbonyl (C=O) groups is 1. The lowest BCUT2D eigenvalue weighted by atomic mass is 9.97.